The Kier molecular flexibility index (Phi) is 5.57. The van der Waals surface area contributed by atoms with Crippen LogP contribution in [0, 0.1) is 5.92 Å². The first-order valence-electron chi connectivity index (χ1n) is 8.47. The molecule has 0 saturated carbocycles. The highest BCUT2D eigenvalue weighted by molar-refractivity contribution is 5.93. The van der Waals surface area contributed by atoms with Crippen molar-refractivity contribution in [2.45, 2.75) is 12.8 Å². The molecule has 1 saturated heterocycles. The van der Waals surface area contributed by atoms with Crippen molar-refractivity contribution in [2.24, 2.45) is 5.92 Å². The van der Waals surface area contributed by atoms with Gasteiger partial charge in [0.1, 0.15) is 0 Å². The summed E-state index contributed by atoms with van der Waals surface area (Å²) in [5.41, 5.74) is 0.673. The summed E-state index contributed by atoms with van der Waals surface area (Å²) in [5.74, 6) is 0.772. The molecule has 1 aromatic carbocycles. The van der Waals surface area contributed by atoms with E-state index in [2.05, 4.69) is 15.4 Å². The average Bonchev–Trinajstić information content (AvgIpc) is 3.09. The Morgan fingerprint density at radius 3 is 2.65 bits per heavy atom. The van der Waals surface area contributed by atoms with Crippen LogP contribution in [0.4, 0.5) is 10.5 Å². The van der Waals surface area contributed by atoms with Crippen molar-refractivity contribution in [3.8, 4) is 11.5 Å². The summed E-state index contributed by atoms with van der Waals surface area (Å²) in [6.45, 7) is 1.75. The Morgan fingerprint density at radius 1 is 1.19 bits per heavy atom. The smallest absolute Gasteiger partial charge is 0.413 e. The zero-order valence-corrected chi connectivity index (χ0v) is 14.5. The number of methoxy groups -OCH3 is 1. The first-order chi connectivity index (χ1) is 12.5. The van der Waals surface area contributed by atoms with Gasteiger partial charge in [-0.05, 0) is 12.1 Å². The van der Waals surface area contributed by atoms with Crippen molar-refractivity contribution in [2.75, 3.05) is 38.9 Å². The molecule has 1 fully saturated rings. The summed E-state index contributed by atoms with van der Waals surface area (Å²) in [4.78, 5) is 36.2. The molecular formula is C17H22N3O6+. The number of carbonyl (C=O) groups is 3. The van der Waals surface area contributed by atoms with E-state index in [-0.39, 0.29) is 31.1 Å². The number of nitrogens with one attached hydrogen (secondary N) is 3. The molecule has 9 heteroatoms. The number of hydrogen-bond acceptors (Lipinski definition) is 6. The lowest BCUT2D eigenvalue weighted by molar-refractivity contribution is -0.897. The molecule has 2 heterocycles. The normalized spacial score (nSPS) is 21.0. The summed E-state index contributed by atoms with van der Waals surface area (Å²) >= 11 is 0. The third-order valence-electron chi connectivity index (χ3n) is 4.54. The van der Waals surface area contributed by atoms with Crippen LogP contribution >= 0.6 is 0 Å². The number of imide groups is 1. The van der Waals surface area contributed by atoms with Crippen LogP contribution in [0.15, 0.2) is 18.2 Å². The Hall–Kier alpha value is -2.81. The maximum atomic E-state index is 12.4. The van der Waals surface area contributed by atoms with Gasteiger partial charge in [-0.1, -0.05) is 0 Å². The van der Waals surface area contributed by atoms with Gasteiger partial charge >= 0.3 is 6.09 Å². The Bertz CT molecular complexity index is 700. The summed E-state index contributed by atoms with van der Waals surface area (Å²) in [6, 6.07) is 5.30. The van der Waals surface area contributed by atoms with Crippen molar-refractivity contribution in [1.29, 1.82) is 0 Å². The number of quaternary nitrogens is 1. The topological polar surface area (TPSA) is 107 Å². The number of alkyl carbamates (subject to hydrolysis) is 1. The molecule has 2 aliphatic rings. The second-order valence-corrected chi connectivity index (χ2v) is 6.30. The number of benzene rings is 1. The molecular weight excluding hydrogens is 342 g/mol. The number of carbonyl (C=O) groups excluding carboxylic acids is 3. The van der Waals surface area contributed by atoms with Crippen molar-refractivity contribution >= 4 is 23.6 Å². The Morgan fingerprint density at radius 2 is 1.92 bits per heavy atom. The van der Waals surface area contributed by atoms with E-state index < -0.39 is 6.09 Å². The standard InChI is InChI=1S/C17H21N3O6/c1-24-17(23)19-15(21)9-20-6-4-11(5-7-20)16(22)18-12-2-3-13-14(8-12)26-10-25-13/h2-3,8,11H,4-7,9-10H2,1H3,(H,18,22)(H,19,21,23)/p+1. The van der Waals surface area contributed by atoms with Crippen molar-refractivity contribution in [3.63, 3.8) is 0 Å². The highest BCUT2D eigenvalue weighted by Gasteiger charge is 2.29. The summed E-state index contributed by atoms with van der Waals surface area (Å²) in [6.07, 6.45) is 0.599. The van der Waals surface area contributed by atoms with Crippen LogP contribution in [0.1, 0.15) is 12.8 Å². The van der Waals surface area contributed by atoms with Gasteiger partial charge in [-0.25, -0.2) is 4.79 Å². The Labute approximate surface area is 150 Å². The zero-order valence-electron chi connectivity index (χ0n) is 14.5. The van der Waals surface area contributed by atoms with E-state index in [1.165, 1.54) is 7.11 Å². The summed E-state index contributed by atoms with van der Waals surface area (Å²) < 4.78 is 14.9. The number of rotatable bonds is 4. The molecule has 140 valence electrons. The molecule has 1 aromatic rings. The lowest BCUT2D eigenvalue weighted by atomic mass is 9.96. The van der Waals surface area contributed by atoms with Crippen LogP contribution in [0.3, 0.4) is 0 Å². The van der Waals surface area contributed by atoms with Gasteiger partial charge in [0.25, 0.3) is 5.91 Å². The number of fused-ring (bicyclic) bond motifs is 1. The third-order valence-corrected chi connectivity index (χ3v) is 4.54. The molecule has 0 spiro atoms. The molecule has 0 unspecified atom stereocenters. The number of ether oxygens (including phenoxy) is 3. The largest absolute Gasteiger partial charge is 0.454 e. The van der Waals surface area contributed by atoms with E-state index in [9.17, 15) is 14.4 Å². The predicted molar refractivity (Wildman–Crippen MR) is 90.0 cm³/mol. The molecule has 0 radical (unpaired) electrons. The molecule has 2 aliphatic heterocycles. The van der Waals surface area contributed by atoms with Gasteiger partial charge in [0.15, 0.2) is 18.0 Å². The fourth-order valence-corrected chi connectivity index (χ4v) is 3.12. The lowest BCUT2D eigenvalue weighted by Crippen LogP contribution is -3.14. The number of piperidine rings is 1. The fraction of sp³-hybridized carbons (Fsp3) is 0.471. The molecule has 0 bridgehead atoms. The van der Waals surface area contributed by atoms with Gasteiger partial charge in [-0.2, -0.15) is 0 Å². The van der Waals surface area contributed by atoms with Gasteiger partial charge in [0.2, 0.25) is 12.7 Å². The molecule has 26 heavy (non-hydrogen) atoms. The van der Waals surface area contributed by atoms with Gasteiger partial charge < -0.3 is 24.4 Å². The maximum Gasteiger partial charge on any atom is 0.413 e. The number of hydrogen-bond donors (Lipinski definition) is 3. The minimum Gasteiger partial charge on any atom is -0.454 e. The van der Waals surface area contributed by atoms with Crippen LogP contribution in [-0.4, -0.2) is 51.4 Å². The average molecular weight is 364 g/mol. The van der Waals surface area contributed by atoms with Gasteiger partial charge in [-0.15, -0.1) is 0 Å². The van der Waals surface area contributed by atoms with Crippen LogP contribution < -0.4 is 25.0 Å². The zero-order chi connectivity index (χ0) is 18.5. The van der Waals surface area contributed by atoms with E-state index in [0.717, 1.165) is 4.90 Å². The highest BCUT2D eigenvalue weighted by atomic mass is 16.7. The quantitative estimate of drug-likeness (QED) is 0.667. The fourth-order valence-electron chi connectivity index (χ4n) is 3.12. The van der Waals surface area contributed by atoms with E-state index in [1.54, 1.807) is 18.2 Å². The molecule has 0 aromatic heterocycles. The molecule has 0 aliphatic carbocycles. The molecule has 3 amide bonds. The SMILES string of the molecule is COC(=O)NC(=O)C[NH+]1CCC(C(=O)Nc2ccc3c(c2)OCO3)CC1. The molecule has 3 rings (SSSR count). The Balaban J connectivity index is 1.45. The van der Waals surface area contributed by atoms with Gasteiger partial charge in [-0.3, -0.25) is 14.9 Å². The predicted octanol–water partition coefficient (Wildman–Crippen LogP) is -0.469. The van der Waals surface area contributed by atoms with Crippen LogP contribution in [-0.2, 0) is 14.3 Å². The first-order valence-corrected chi connectivity index (χ1v) is 8.47. The van der Waals surface area contributed by atoms with E-state index in [0.29, 0.717) is 43.1 Å². The molecule has 9 nitrogen and oxygen atoms in total. The maximum absolute atomic E-state index is 12.4. The van der Waals surface area contributed by atoms with Crippen LogP contribution in [0.2, 0.25) is 0 Å². The van der Waals surface area contributed by atoms with Crippen molar-refractivity contribution in [3.05, 3.63) is 18.2 Å². The first kappa shape index (κ1) is 18.0. The molecule has 0 atom stereocenters. The third kappa shape index (κ3) is 4.42. The van der Waals surface area contributed by atoms with Crippen LogP contribution in [0.5, 0.6) is 11.5 Å². The highest BCUT2D eigenvalue weighted by Crippen LogP contribution is 2.34. The second-order valence-electron chi connectivity index (χ2n) is 6.30. The van der Waals surface area contributed by atoms with Crippen molar-refractivity contribution < 1.29 is 33.5 Å². The minimum absolute atomic E-state index is 0.0399. The summed E-state index contributed by atoms with van der Waals surface area (Å²) in [5, 5.41) is 5.05. The van der Waals surface area contributed by atoms with Crippen molar-refractivity contribution in [1.82, 2.24) is 5.32 Å². The van der Waals surface area contributed by atoms with E-state index >= 15 is 0 Å². The van der Waals surface area contributed by atoms with Gasteiger partial charge in [0, 0.05) is 30.5 Å². The second kappa shape index (κ2) is 8.05. The monoisotopic (exact) mass is 364 g/mol. The number of likely N-dealkylation sites (tertiary alicyclic amines) is 1. The van der Waals surface area contributed by atoms with Crippen LogP contribution in [0.25, 0.3) is 0 Å². The minimum atomic E-state index is -0.757. The number of anilines is 1. The lowest BCUT2D eigenvalue weighted by Gasteiger charge is -2.28. The number of amides is 3. The summed E-state index contributed by atoms with van der Waals surface area (Å²) in [7, 11) is 1.21. The van der Waals surface area contributed by atoms with E-state index in [1.807, 2.05) is 0 Å². The van der Waals surface area contributed by atoms with E-state index in [4.69, 9.17) is 9.47 Å². The molecule has 3 N–H and O–H groups in total. The van der Waals surface area contributed by atoms with Gasteiger partial charge in [0.05, 0.1) is 20.2 Å².